The summed E-state index contributed by atoms with van der Waals surface area (Å²) in [6.45, 7) is 4.02. The highest BCUT2D eigenvalue weighted by molar-refractivity contribution is 5.60. The smallest absolute Gasteiger partial charge is 0.274 e. The molecule has 104 valence electrons. The summed E-state index contributed by atoms with van der Waals surface area (Å²) in [7, 11) is 0. The van der Waals surface area contributed by atoms with E-state index in [1.54, 1.807) is 25.1 Å². The zero-order valence-corrected chi connectivity index (χ0v) is 11.3. The van der Waals surface area contributed by atoms with Gasteiger partial charge in [0.05, 0.1) is 4.92 Å². The van der Waals surface area contributed by atoms with E-state index in [1.165, 1.54) is 18.2 Å². The molecule has 5 heteroatoms. The first-order valence-electron chi connectivity index (χ1n) is 6.22. The number of nitrogens with one attached hydrogen (secondary N) is 1. The van der Waals surface area contributed by atoms with Gasteiger partial charge in [-0.1, -0.05) is 12.1 Å². The third-order valence-electron chi connectivity index (χ3n) is 3.28. The van der Waals surface area contributed by atoms with Crippen LogP contribution in [0.15, 0.2) is 36.4 Å². The highest BCUT2D eigenvalue weighted by atomic mass is 19.1. The molecular formula is C15H15FN2O2. The maximum absolute atomic E-state index is 13.2. The van der Waals surface area contributed by atoms with Crippen LogP contribution in [0.2, 0.25) is 0 Å². The molecular weight excluding hydrogens is 259 g/mol. The predicted molar refractivity (Wildman–Crippen MR) is 76.3 cm³/mol. The monoisotopic (exact) mass is 274 g/mol. The second kappa shape index (κ2) is 5.69. The highest BCUT2D eigenvalue weighted by Crippen LogP contribution is 2.25. The molecule has 0 radical (unpaired) electrons. The van der Waals surface area contributed by atoms with Gasteiger partial charge in [-0.2, -0.15) is 0 Å². The van der Waals surface area contributed by atoms with E-state index in [2.05, 4.69) is 5.32 Å². The molecule has 0 amide bonds. The van der Waals surface area contributed by atoms with E-state index in [9.17, 15) is 14.5 Å². The molecule has 2 rings (SSSR count). The van der Waals surface area contributed by atoms with Gasteiger partial charge in [0.1, 0.15) is 5.82 Å². The standard InChI is InChI=1S/C15H15FN2O2/c1-10-6-7-13(16)8-12(10)9-17-14-4-3-5-15(11(14)2)18(19)20/h3-8,17H,9H2,1-2H3. The lowest BCUT2D eigenvalue weighted by atomic mass is 10.1. The first kappa shape index (κ1) is 14.0. The van der Waals surface area contributed by atoms with Gasteiger partial charge in [0, 0.05) is 23.9 Å². The normalized spacial score (nSPS) is 10.3. The fraction of sp³-hybridized carbons (Fsp3) is 0.200. The Morgan fingerprint density at radius 3 is 2.70 bits per heavy atom. The summed E-state index contributed by atoms with van der Waals surface area (Å²) in [4.78, 5) is 10.5. The van der Waals surface area contributed by atoms with Gasteiger partial charge < -0.3 is 5.32 Å². The number of nitro groups is 1. The molecule has 0 aliphatic rings. The van der Waals surface area contributed by atoms with E-state index in [4.69, 9.17) is 0 Å². The molecule has 2 aromatic carbocycles. The van der Waals surface area contributed by atoms with Crippen LogP contribution in [0.5, 0.6) is 0 Å². The van der Waals surface area contributed by atoms with E-state index in [-0.39, 0.29) is 11.5 Å². The first-order chi connectivity index (χ1) is 9.49. The maximum atomic E-state index is 13.2. The molecule has 0 saturated carbocycles. The largest absolute Gasteiger partial charge is 0.381 e. The highest BCUT2D eigenvalue weighted by Gasteiger charge is 2.13. The first-order valence-corrected chi connectivity index (χ1v) is 6.22. The zero-order chi connectivity index (χ0) is 14.7. The van der Waals surface area contributed by atoms with Crippen molar-refractivity contribution in [3.63, 3.8) is 0 Å². The van der Waals surface area contributed by atoms with Crippen molar-refractivity contribution >= 4 is 11.4 Å². The minimum atomic E-state index is -0.409. The average molecular weight is 274 g/mol. The summed E-state index contributed by atoms with van der Waals surface area (Å²) in [5.41, 5.74) is 3.14. The van der Waals surface area contributed by atoms with E-state index < -0.39 is 4.92 Å². The SMILES string of the molecule is Cc1ccc(F)cc1CNc1cccc([N+](=O)[O-])c1C. The molecule has 0 bridgehead atoms. The molecule has 20 heavy (non-hydrogen) atoms. The summed E-state index contributed by atoms with van der Waals surface area (Å²) in [6.07, 6.45) is 0. The van der Waals surface area contributed by atoms with Crippen LogP contribution in [0.3, 0.4) is 0 Å². The number of rotatable bonds is 4. The number of nitro benzene ring substituents is 1. The third kappa shape index (κ3) is 2.93. The number of anilines is 1. The van der Waals surface area contributed by atoms with Gasteiger partial charge in [0.25, 0.3) is 5.69 Å². The van der Waals surface area contributed by atoms with E-state index in [0.29, 0.717) is 17.8 Å². The van der Waals surface area contributed by atoms with Gasteiger partial charge in [-0.05, 0) is 43.2 Å². The molecule has 4 nitrogen and oxygen atoms in total. The van der Waals surface area contributed by atoms with Gasteiger partial charge in [-0.25, -0.2) is 4.39 Å². The van der Waals surface area contributed by atoms with Crippen molar-refractivity contribution in [3.05, 3.63) is 69.0 Å². The van der Waals surface area contributed by atoms with Crippen LogP contribution in [0.4, 0.5) is 15.8 Å². The Hall–Kier alpha value is -2.43. The van der Waals surface area contributed by atoms with Crippen LogP contribution in [0, 0.1) is 29.8 Å². The minimum Gasteiger partial charge on any atom is -0.381 e. The Morgan fingerprint density at radius 1 is 1.25 bits per heavy atom. The Morgan fingerprint density at radius 2 is 2.00 bits per heavy atom. The number of hydrogen-bond donors (Lipinski definition) is 1. The van der Waals surface area contributed by atoms with Crippen LogP contribution >= 0.6 is 0 Å². The van der Waals surface area contributed by atoms with Crippen molar-refractivity contribution in [1.29, 1.82) is 0 Å². The van der Waals surface area contributed by atoms with Gasteiger partial charge in [0.15, 0.2) is 0 Å². The van der Waals surface area contributed by atoms with Crippen molar-refractivity contribution < 1.29 is 9.31 Å². The van der Waals surface area contributed by atoms with Crippen molar-refractivity contribution in [2.75, 3.05) is 5.32 Å². The van der Waals surface area contributed by atoms with Crippen molar-refractivity contribution in [2.24, 2.45) is 0 Å². The van der Waals surface area contributed by atoms with Gasteiger partial charge in [0.2, 0.25) is 0 Å². The van der Waals surface area contributed by atoms with Gasteiger partial charge in [-0.15, -0.1) is 0 Å². The average Bonchev–Trinajstić information content (AvgIpc) is 2.41. The lowest BCUT2D eigenvalue weighted by molar-refractivity contribution is -0.385. The lowest BCUT2D eigenvalue weighted by Gasteiger charge is -2.11. The Balaban J connectivity index is 2.21. The number of hydrogen-bond acceptors (Lipinski definition) is 3. The third-order valence-corrected chi connectivity index (χ3v) is 3.28. The molecule has 0 aliphatic heterocycles. The van der Waals surface area contributed by atoms with Crippen molar-refractivity contribution in [2.45, 2.75) is 20.4 Å². The Labute approximate surface area is 116 Å². The Bertz CT molecular complexity index is 656. The molecule has 0 saturated heterocycles. The quantitative estimate of drug-likeness (QED) is 0.678. The minimum absolute atomic E-state index is 0.0750. The Kier molecular flexibility index (Phi) is 3.98. The molecule has 2 aromatic rings. The zero-order valence-electron chi connectivity index (χ0n) is 11.3. The number of halogens is 1. The maximum Gasteiger partial charge on any atom is 0.274 e. The molecule has 0 spiro atoms. The van der Waals surface area contributed by atoms with E-state index >= 15 is 0 Å². The second-order valence-corrected chi connectivity index (χ2v) is 4.63. The van der Waals surface area contributed by atoms with Crippen LogP contribution in [-0.4, -0.2) is 4.92 Å². The van der Waals surface area contributed by atoms with Crippen LogP contribution < -0.4 is 5.32 Å². The molecule has 0 heterocycles. The molecule has 0 aromatic heterocycles. The second-order valence-electron chi connectivity index (χ2n) is 4.63. The molecule has 0 fully saturated rings. The number of benzene rings is 2. The number of aryl methyl sites for hydroxylation is 1. The summed E-state index contributed by atoms with van der Waals surface area (Å²) >= 11 is 0. The van der Waals surface area contributed by atoms with Crippen LogP contribution in [0.25, 0.3) is 0 Å². The van der Waals surface area contributed by atoms with Gasteiger partial charge in [-0.3, -0.25) is 10.1 Å². The van der Waals surface area contributed by atoms with Crippen molar-refractivity contribution in [1.82, 2.24) is 0 Å². The topological polar surface area (TPSA) is 55.2 Å². The molecule has 0 aliphatic carbocycles. The van der Waals surface area contributed by atoms with Crippen LogP contribution in [-0.2, 0) is 6.54 Å². The fourth-order valence-electron chi connectivity index (χ4n) is 2.03. The predicted octanol–water partition coefficient (Wildman–Crippen LogP) is 3.96. The fourth-order valence-corrected chi connectivity index (χ4v) is 2.03. The van der Waals surface area contributed by atoms with Gasteiger partial charge >= 0.3 is 0 Å². The van der Waals surface area contributed by atoms with E-state index in [0.717, 1.165) is 11.1 Å². The number of nitrogens with zero attached hydrogens (tertiary/aromatic N) is 1. The molecule has 1 N–H and O–H groups in total. The van der Waals surface area contributed by atoms with Crippen molar-refractivity contribution in [3.8, 4) is 0 Å². The summed E-state index contributed by atoms with van der Waals surface area (Å²) in [6, 6.07) is 9.47. The molecule has 0 unspecified atom stereocenters. The summed E-state index contributed by atoms with van der Waals surface area (Å²) in [5, 5.41) is 14.0. The van der Waals surface area contributed by atoms with Crippen LogP contribution in [0.1, 0.15) is 16.7 Å². The summed E-state index contributed by atoms with van der Waals surface area (Å²) in [5.74, 6) is -0.289. The van der Waals surface area contributed by atoms with E-state index in [1.807, 2.05) is 6.92 Å². The molecule has 0 atom stereocenters. The summed E-state index contributed by atoms with van der Waals surface area (Å²) < 4.78 is 13.2. The lowest BCUT2D eigenvalue weighted by Crippen LogP contribution is -2.04.